The van der Waals surface area contributed by atoms with E-state index >= 15 is 0 Å². The van der Waals surface area contributed by atoms with Gasteiger partial charge in [0.25, 0.3) is 0 Å². The number of carbonyl (C=O) groups is 1. The number of rotatable bonds is 7. The van der Waals surface area contributed by atoms with Gasteiger partial charge in [-0.3, -0.25) is 9.78 Å². The molecule has 24 heavy (non-hydrogen) atoms. The van der Waals surface area contributed by atoms with Gasteiger partial charge in [0.15, 0.2) is 11.5 Å². The van der Waals surface area contributed by atoms with E-state index in [1.54, 1.807) is 19.2 Å². The Morgan fingerprint density at radius 2 is 2.08 bits per heavy atom. The molecule has 0 saturated carbocycles. The van der Waals surface area contributed by atoms with E-state index in [0.29, 0.717) is 23.6 Å². The summed E-state index contributed by atoms with van der Waals surface area (Å²) >= 11 is 0. The number of amides is 1. The molecule has 2 aromatic rings. The van der Waals surface area contributed by atoms with Crippen LogP contribution in [0.25, 0.3) is 6.08 Å². The number of hydrogen-bond acceptors (Lipinski definition) is 4. The van der Waals surface area contributed by atoms with Crippen LogP contribution in [0.2, 0.25) is 0 Å². The fraction of sp³-hybridized carbons (Fsp3) is 0.222. The SMILES string of the molecule is COc1ccccc1OC(C)CNC(=O)/C=C/c1cncc(F)c1. The van der Waals surface area contributed by atoms with Crippen LogP contribution < -0.4 is 14.8 Å². The number of ether oxygens (including phenoxy) is 2. The number of carbonyl (C=O) groups excluding carboxylic acids is 1. The van der Waals surface area contributed by atoms with Gasteiger partial charge in [-0.1, -0.05) is 12.1 Å². The molecule has 1 atom stereocenters. The molecule has 0 bridgehead atoms. The average Bonchev–Trinajstić information content (AvgIpc) is 2.58. The number of halogens is 1. The van der Waals surface area contributed by atoms with Crippen molar-refractivity contribution in [2.45, 2.75) is 13.0 Å². The molecule has 126 valence electrons. The second kappa shape index (κ2) is 8.67. The average molecular weight is 330 g/mol. The highest BCUT2D eigenvalue weighted by atomic mass is 19.1. The van der Waals surface area contributed by atoms with Gasteiger partial charge in [-0.05, 0) is 36.8 Å². The van der Waals surface area contributed by atoms with Crippen LogP contribution >= 0.6 is 0 Å². The summed E-state index contributed by atoms with van der Waals surface area (Å²) < 4.78 is 23.9. The lowest BCUT2D eigenvalue weighted by molar-refractivity contribution is -0.116. The van der Waals surface area contributed by atoms with E-state index in [1.807, 2.05) is 19.1 Å². The van der Waals surface area contributed by atoms with Crippen molar-refractivity contribution < 1.29 is 18.7 Å². The molecule has 0 aliphatic carbocycles. The first-order valence-corrected chi connectivity index (χ1v) is 7.44. The second-order valence-corrected chi connectivity index (χ2v) is 5.09. The summed E-state index contributed by atoms with van der Waals surface area (Å²) in [4.78, 5) is 15.5. The molecule has 5 nitrogen and oxygen atoms in total. The highest BCUT2D eigenvalue weighted by Gasteiger charge is 2.09. The lowest BCUT2D eigenvalue weighted by atomic mass is 10.2. The molecule has 1 unspecified atom stereocenters. The van der Waals surface area contributed by atoms with Crippen molar-refractivity contribution in [2.75, 3.05) is 13.7 Å². The summed E-state index contributed by atoms with van der Waals surface area (Å²) in [6.07, 6.45) is 5.16. The molecule has 0 aliphatic rings. The summed E-state index contributed by atoms with van der Waals surface area (Å²) in [5, 5.41) is 2.72. The maximum absolute atomic E-state index is 13.0. The van der Waals surface area contributed by atoms with Gasteiger partial charge in [0.05, 0.1) is 19.9 Å². The third-order valence-electron chi connectivity index (χ3n) is 3.11. The molecule has 0 aliphatic heterocycles. The predicted molar refractivity (Wildman–Crippen MR) is 89.3 cm³/mol. The minimum atomic E-state index is -0.448. The van der Waals surface area contributed by atoms with Gasteiger partial charge in [0.2, 0.25) is 5.91 Å². The van der Waals surface area contributed by atoms with Crippen molar-refractivity contribution in [3.63, 3.8) is 0 Å². The molecule has 6 heteroatoms. The molecule has 0 fully saturated rings. The molecule has 1 aromatic carbocycles. The Balaban J connectivity index is 1.83. The van der Waals surface area contributed by atoms with Crippen molar-refractivity contribution in [2.24, 2.45) is 0 Å². The Kier molecular flexibility index (Phi) is 6.31. The van der Waals surface area contributed by atoms with Crippen LogP contribution in [0.3, 0.4) is 0 Å². The third kappa shape index (κ3) is 5.39. The van der Waals surface area contributed by atoms with Gasteiger partial charge in [-0.25, -0.2) is 4.39 Å². The van der Waals surface area contributed by atoms with E-state index in [1.165, 1.54) is 24.4 Å². The Labute approximate surface area is 140 Å². The lowest BCUT2D eigenvalue weighted by Crippen LogP contribution is -2.32. The van der Waals surface area contributed by atoms with Crippen LogP contribution in [0.5, 0.6) is 11.5 Å². The summed E-state index contributed by atoms with van der Waals surface area (Å²) in [6, 6.07) is 8.59. The zero-order chi connectivity index (χ0) is 17.4. The molecule has 1 amide bonds. The van der Waals surface area contributed by atoms with E-state index in [0.717, 1.165) is 6.20 Å². The molecular weight excluding hydrogens is 311 g/mol. The maximum atomic E-state index is 13.0. The van der Waals surface area contributed by atoms with E-state index in [4.69, 9.17) is 9.47 Å². The highest BCUT2D eigenvalue weighted by molar-refractivity contribution is 5.91. The van der Waals surface area contributed by atoms with E-state index < -0.39 is 5.82 Å². The molecule has 0 radical (unpaired) electrons. The van der Waals surface area contributed by atoms with E-state index in [-0.39, 0.29) is 12.0 Å². The molecule has 1 N–H and O–H groups in total. The number of benzene rings is 1. The number of pyridine rings is 1. The quantitative estimate of drug-likeness (QED) is 0.793. The van der Waals surface area contributed by atoms with Gasteiger partial charge >= 0.3 is 0 Å². The molecule has 1 aromatic heterocycles. The van der Waals surface area contributed by atoms with Gasteiger partial charge in [0.1, 0.15) is 11.9 Å². The Bertz CT molecular complexity index is 719. The van der Waals surface area contributed by atoms with Crippen LogP contribution in [0.1, 0.15) is 12.5 Å². The first kappa shape index (κ1) is 17.5. The Morgan fingerprint density at radius 1 is 1.33 bits per heavy atom. The van der Waals surface area contributed by atoms with Crippen LogP contribution in [-0.4, -0.2) is 30.6 Å². The normalized spacial score (nSPS) is 12.0. The van der Waals surface area contributed by atoms with Gasteiger partial charge < -0.3 is 14.8 Å². The lowest BCUT2D eigenvalue weighted by Gasteiger charge is -2.16. The third-order valence-corrected chi connectivity index (χ3v) is 3.11. The van der Waals surface area contributed by atoms with Crippen molar-refractivity contribution in [3.05, 3.63) is 60.2 Å². The monoisotopic (exact) mass is 330 g/mol. The maximum Gasteiger partial charge on any atom is 0.244 e. The first-order valence-electron chi connectivity index (χ1n) is 7.44. The number of aromatic nitrogens is 1. The van der Waals surface area contributed by atoms with E-state index in [9.17, 15) is 9.18 Å². The standard InChI is InChI=1S/C18H19FN2O3/c1-13(24-17-6-4-3-5-16(17)23-2)10-21-18(22)8-7-14-9-15(19)12-20-11-14/h3-9,11-13H,10H2,1-2H3,(H,21,22)/b8-7+. The zero-order valence-corrected chi connectivity index (χ0v) is 13.5. The minimum Gasteiger partial charge on any atom is -0.493 e. The number of hydrogen-bond donors (Lipinski definition) is 1. The molecule has 2 rings (SSSR count). The first-order chi connectivity index (χ1) is 11.6. The van der Waals surface area contributed by atoms with Crippen molar-refractivity contribution >= 4 is 12.0 Å². The molecule has 1 heterocycles. The summed E-state index contributed by atoms with van der Waals surface area (Å²) in [5.74, 6) is 0.503. The zero-order valence-electron chi connectivity index (χ0n) is 13.5. The fourth-order valence-corrected chi connectivity index (χ4v) is 1.97. The van der Waals surface area contributed by atoms with Gasteiger partial charge in [0, 0.05) is 12.3 Å². The highest BCUT2D eigenvalue weighted by Crippen LogP contribution is 2.26. The number of methoxy groups -OCH3 is 1. The molecule has 0 spiro atoms. The van der Waals surface area contributed by atoms with Gasteiger partial charge in [-0.15, -0.1) is 0 Å². The number of nitrogens with zero attached hydrogens (tertiary/aromatic N) is 1. The fourth-order valence-electron chi connectivity index (χ4n) is 1.97. The van der Waals surface area contributed by atoms with Crippen LogP contribution in [0, 0.1) is 5.82 Å². The van der Waals surface area contributed by atoms with Crippen molar-refractivity contribution in [3.8, 4) is 11.5 Å². The Hall–Kier alpha value is -2.89. The summed E-state index contributed by atoms with van der Waals surface area (Å²) in [6.45, 7) is 2.16. The largest absolute Gasteiger partial charge is 0.493 e. The number of para-hydroxylation sites is 2. The molecule has 0 saturated heterocycles. The van der Waals surface area contributed by atoms with Crippen LogP contribution in [0.15, 0.2) is 48.8 Å². The van der Waals surface area contributed by atoms with E-state index in [2.05, 4.69) is 10.3 Å². The summed E-state index contributed by atoms with van der Waals surface area (Å²) in [7, 11) is 1.57. The van der Waals surface area contributed by atoms with Crippen molar-refractivity contribution in [1.82, 2.24) is 10.3 Å². The minimum absolute atomic E-state index is 0.241. The topological polar surface area (TPSA) is 60.5 Å². The summed E-state index contributed by atoms with van der Waals surface area (Å²) in [5.41, 5.74) is 0.517. The predicted octanol–water partition coefficient (Wildman–Crippen LogP) is 2.83. The van der Waals surface area contributed by atoms with Crippen LogP contribution in [-0.2, 0) is 4.79 Å². The second-order valence-electron chi connectivity index (χ2n) is 5.09. The van der Waals surface area contributed by atoms with Crippen LogP contribution in [0.4, 0.5) is 4.39 Å². The van der Waals surface area contributed by atoms with Gasteiger partial charge in [-0.2, -0.15) is 0 Å². The molecular formula is C18H19FN2O3. The van der Waals surface area contributed by atoms with Crippen molar-refractivity contribution in [1.29, 1.82) is 0 Å². The Morgan fingerprint density at radius 3 is 2.79 bits per heavy atom. The number of nitrogens with one attached hydrogen (secondary N) is 1. The smallest absolute Gasteiger partial charge is 0.244 e.